The molecule has 0 radical (unpaired) electrons. The second-order valence-corrected chi connectivity index (χ2v) is 9.87. The van der Waals surface area contributed by atoms with Crippen molar-refractivity contribution in [1.82, 2.24) is 15.1 Å². The predicted molar refractivity (Wildman–Crippen MR) is 116 cm³/mol. The van der Waals surface area contributed by atoms with Crippen LogP contribution in [0.4, 0.5) is 0 Å². The van der Waals surface area contributed by atoms with E-state index >= 15 is 0 Å². The highest BCUT2D eigenvalue weighted by Gasteiger charge is 2.44. The molecular formula is C24H32N4O3. The summed E-state index contributed by atoms with van der Waals surface area (Å²) in [6.07, 6.45) is 9.42. The number of piperidine rings is 1. The van der Waals surface area contributed by atoms with E-state index < -0.39 is 6.04 Å². The lowest BCUT2D eigenvalue weighted by molar-refractivity contribution is -0.136. The van der Waals surface area contributed by atoms with E-state index in [1.54, 1.807) is 4.90 Å². The maximum Gasteiger partial charge on any atom is 0.255 e. The fraction of sp³-hybridized carbons (Fsp3) is 0.625. The van der Waals surface area contributed by atoms with Crippen molar-refractivity contribution in [2.24, 2.45) is 5.73 Å². The van der Waals surface area contributed by atoms with E-state index in [-0.39, 0.29) is 35.7 Å². The molecule has 166 valence electrons. The van der Waals surface area contributed by atoms with Crippen molar-refractivity contribution in [3.8, 4) is 0 Å². The van der Waals surface area contributed by atoms with E-state index in [1.165, 1.54) is 44.1 Å². The summed E-state index contributed by atoms with van der Waals surface area (Å²) in [4.78, 5) is 40.9. The molecule has 4 aliphatic rings. The molecule has 7 heteroatoms. The second kappa shape index (κ2) is 8.02. The molecule has 3 heterocycles. The predicted octanol–water partition coefficient (Wildman–Crippen LogP) is 2.07. The van der Waals surface area contributed by atoms with Crippen LogP contribution < -0.4 is 11.1 Å². The van der Waals surface area contributed by atoms with Crippen LogP contribution in [-0.2, 0) is 22.7 Å². The van der Waals surface area contributed by atoms with Crippen LogP contribution >= 0.6 is 0 Å². The third-order valence-corrected chi connectivity index (χ3v) is 7.76. The largest absolute Gasteiger partial charge is 0.326 e. The monoisotopic (exact) mass is 424 g/mol. The molecule has 2 atom stereocenters. The highest BCUT2D eigenvalue weighted by atomic mass is 16.2. The topological polar surface area (TPSA) is 95.7 Å². The van der Waals surface area contributed by atoms with Gasteiger partial charge < -0.3 is 10.6 Å². The van der Waals surface area contributed by atoms with Gasteiger partial charge in [0, 0.05) is 43.2 Å². The Kier molecular flexibility index (Phi) is 5.34. The van der Waals surface area contributed by atoms with Gasteiger partial charge in [0.15, 0.2) is 0 Å². The molecule has 1 spiro atoms. The zero-order chi connectivity index (χ0) is 21.6. The van der Waals surface area contributed by atoms with E-state index in [0.29, 0.717) is 18.5 Å². The summed E-state index contributed by atoms with van der Waals surface area (Å²) in [6, 6.07) is 5.77. The molecule has 2 saturated heterocycles. The summed E-state index contributed by atoms with van der Waals surface area (Å²) in [5.74, 6) is -0.734. The van der Waals surface area contributed by atoms with Crippen LogP contribution in [0.2, 0.25) is 0 Å². The summed E-state index contributed by atoms with van der Waals surface area (Å²) >= 11 is 0. The number of amides is 3. The molecule has 3 N–H and O–H groups in total. The minimum atomic E-state index is -0.563. The zero-order valence-electron chi connectivity index (χ0n) is 18.1. The Morgan fingerprint density at radius 2 is 1.87 bits per heavy atom. The average molecular weight is 425 g/mol. The van der Waals surface area contributed by atoms with Crippen LogP contribution in [0, 0.1) is 0 Å². The Morgan fingerprint density at radius 3 is 2.61 bits per heavy atom. The number of nitrogens with one attached hydrogen (secondary N) is 1. The van der Waals surface area contributed by atoms with Gasteiger partial charge in [0.05, 0.1) is 0 Å². The van der Waals surface area contributed by atoms with Crippen molar-refractivity contribution >= 4 is 17.7 Å². The van der Waals surface area contributed by atoms with Gasteiger partial charge in [-0.05, 0) is 42.9 Å². The number of benzene rings is 1. The molecule has 2 unspecified atom stereocenters. The molecular weight excluding hydrogens is 392 g/mol. The molecule has 0 aromatic heterocycles. The molecule has 5 rings (SSSR count). The van der Waals surface area contributed by atoms with Gasteiger partial charge in [-0.25, -0.2) is 0 Å². The Hall–Kier alpha value is -2.25. The summed E-state index contributed by atoms with van der Waals surface area (Å²) in [5, 5.41) is 2.37. The van der Waals surface area contributed by atoms with E-state index in [2.05, 4.69) is 22.3 Å². The number of carbonyl (C=O) groups is 3. The summed E-state index contributed by atoms with van der Waals surface area (Å²) in [5.41, 5.74) is 9.50. The Bertz CT molecular complexity index is 906. The number of imide groups is 1. The Balaban J connectivity index is 1.33. The van der Waals surface area contributed by atoms with Crippen LogP contribution in [0.25, 0.3) is 0 Å². The number of rotatable bonds is 3. The molecule has 1 aromatic rings. The molecule has 3 amide bonds. The lowest BCUT2D eigenvalue weighted by Gasteiger charge is -2.38. The summed E-state index contributed by atoms with van der Waals surface area (Å²) in [6.45, 7) is 2.21. The summed E-state index contributed by atoms with van der Waals surface area (Å²) < 4.78 is 0. The van der Waals surface area contributed by atoms with Crippen molar-refractivity contribution in [3.63, 3.8) is 0 Å². The first-order valence-corrected chi connectivity index (χ1v) is 11.7. The van der Waals surface area contributed by atoms with Crippen molar-refractivity contribution < 1.29 is 14.4 Å². The van der Waals surface area contributed by atoms with Crippen LogP contribution in [0.3, 0.4) is 0 Å². The van der Waals surface area contributed by atoms with E-state index in [4.69, 9.17) is 5.73 Å². The first kappa shape index (κ1) is 20.6. The molecule has 7 nitrogen and oxygen atoms in total. The van der Waals surface area contributed by atoms with Crippen LogP contribution in [0.1, 0.15) is 79.3 Å². The molecule has 3 fully saturated rings. The average Bonchev–Trinajstić information content (AvgIpc) is 3.08. The number of nitrogens with two attached hydrogens (primary N) is 1. The quantitative estimate of drug-likeness (QED) is 0.725. The van der Waals surface area contributed by atoms with Crippen LogP contribution in [-0.4, -0.2) is 51.7 Å². The molecule has 1 aromatic carbocycles. The number of likely N-dealkylation sites (tertiary alicyclic amines) is 1. The fourth-order valence-corrected chi connectivity index (χ4v) is 6.24. The Labute approximate surface area is 183 Å². The van der Waals surface area contributed by atoms with Gasteiger partial charge in [-0.1, -0.05) is 37.8 Å². The molecule has 1 aliphatic carbocycles. The zero-order valence-corrected chi connectivity index (χ0v) is 18.1. The molecule has 1 saturated carbocycles. The van der Waals surface area contributed by atoms with E-state index in [9.17, 15) is 14.4 Å². The van der Waals surface area contributed by atoms with Crippen LogP contribution in [0.15, 0.2) is 18.2 Å². The number of nitrogens with zero attached hydrogens (tertiary/aromatic N) is 2. The SMILES string of the molecule is NC1CN(Cc2ccc3c(c2)CN(C2CCC(=O)NC2=O)C3=O)C2(CCCCCC2)C1. The number of hydrogen-bond donors (Lipinski definition) is 2. The van der Waals surface area contributed by atoms with Gasteiger partial charge in [0.2, 0.25) is 11.8 Å². The van der Waals surface area contributed by atoms with Crippen molar-refractivity contribution in [1.29, 1.82) is 0 Å². The van der Waals surface area contributed by atoms with Gasteiger partial charge in [-0.3, -0.25) is 24.6 Å². The minimum absolute atomic E-state index is 0.112. The first-order chi connectivity index (χ1) is 14.9. The van der Waals surface area contributed by atoms with Gasteiger partial charge >= 0.3 is 0 Å². The van der Waals surface area contributed by atoms with Crippen LogP contribution in [0.5, 0.6) is 0 Å². The molecule has 0 bridgehead atoms. The van der Waals surface area contributed by atoms with E-state index in [0.717, 1.165) is 25.1 Å². The lowest BCUT2D eigenvalue weighted by Crippen LogP contribution is -2.52. The lowest BCUT2D eigenvalue weighted by atomic mass is 9.86. The maximum absolute atomic E-state index is 12.9. The van der Waals surface area contributed by atoms with Gasteiger partial charge in [-0.2, -0.15) is 0 Å². The third kappa shape index (κ3) is 3.78. The number of carbonyl (C=O) groups excluding carboxylic acids is 3. The highest BCUT2D eigenvalue weighted by molar-refractivity contribution is 6.05. The fourth-order valence-electron chi connectivity index (χ4n) is 6.24. The van der Waals surface area contributed by atoms with Crippen molar-refractivity contribution in [3.05, 3.63) is 34.9 Å². The van der Waals surface area contributed by atoms with Gasteiger partial charge in [-0.15, -0.1) is 0 Å². The normalized spacial score (nSPS) is 28.7. The standard InChI is InChI=1S/C24H32N4O3/c25-18-12-24(9-3-1-2-4-10-24)27(15-18)13-16-5-6-19-17(11-16)14-28(23(19)31)20-7-8-21(29)26-22(20)30/h5-6,11,18,20H,1-4,7-10,12-15,25H2,(H,26,29,30). The highest BCUT2D eigenvalue weighted by Crippen LogP contribution is 2.41. The van der Waals surface area contributed by atoms with Crippen molar-refractivity contribution in [2.45, 2.75) is 88.5 Å². The smallest absolute Gasteiger partial charge is 0.255 e. The first-order valence-electron chi connectivity index (χ1n) is 11.7. The Morgan fingerprint density at radius 1 is 1.10 bits per heavy atom. The third-order valence-electron chi connectivity index (χ3n) is 7.76. The van der Waals surface area contributed by atoms with Gasteiger partial charge in [0.25, 0.3) is 5.91 Å². The second-order valence-electron chi connectivity index (χ2n) is 9.87. The minimum Gasteiger partial charge on any atom is -0.326 e. The maximum atomic E-state index is 12.9. The van der Waals surface area contributed by atoms with Crippen molar-refractivity contribution in [2.75, 3.05) is 6.54 Å². The summed E-state index contributed by atoms with van der Waals surface area (Å²) in [7, 11) is 0. The van der Waals surface area contributed by atoms with E-state index in [1.807, 2.05) is 6.07 Å². The van der Waals surface area contributed by atoms with Gasteiger partial charge in [0.1, 0.15) is 6.04 Å². The molecule has 3 aliphatic heterocycles. The molecule has 31 heavy (non-hydrogen) atoms. The number of hydrogen-bond acceptors (Lipinski definition) is 5. The number of fused-ring (bicyclic) bond motifs is 1.